The molecule has 158 valence electrons. The van der Waals surface area contributed by atoms with Crippen LogP contribution in [-0.4, -0.2) is 61.3 Å². The lowest BCUT2D eigenvalue weighted by Gasteiger charge is -2.42. The number of benzene rings is 1. The van der Waals surface area contributed by atoms with E-state index in [9.17, 15) is 14.4 Å². The van der Waals surface area contributed by atoms with Crippen LogP contribution in [0.2, 0.25) is 0 Å². The molecule has 2 saturated heterocycles. The third-order valence-corrected chi connectivity index (χ3v) is 5.92. The highest BCUT2D eigenvalue weighted by atomic mass is 16.5. The molecule has 0 N–H and O–H groups in total. The molecule has 0 saturated carbocycles. The molecule has 2 aromatic rings. The first-order chi connectivity index (χ1) is 14.4. The summed E-state index contributed by atoms with van der Waals surface area (Å²) < 4.78 is 4.99. The monoisotopic (exact) mass is 411 g/mol. The van der Waals surface area contributed by atoms with Gasteiger partial charge in [-0.05, 0) is 18.4 Å². The number of aryl methyl sites for hydroxylation is 1. The maximum absolute atomic E-state index is 13.5. The maximum atomic E-state index is 13.5. The van der Waals surface area contributed by atoms with Crippen LogP contribution >= 0.6 is 0 Å². The van der Waals surface area contributed by atoms with Crippen LogP contribution in [-0.2, 0) is 22.7 Å². The highest BCUT2D eigenvalue weighted by molar-refractivity contribution is 6.07. The minimum absolute atomic E-state index is 0.0281. The van der Waals surface area contributed by atoms with E-state index in [0.29, 0.717) is 50.6 Å². The molecule has 4 rings (SSSR count). The minimum atomic E-state index is -0.962. The Balaban J connectivity index is 1.63. The van der Waals surface area contributed by atoms with E-state index in [4.69, 9.17) is 4.52 Å². The SMILES string of the molecule is CCC(=O)N1CCC2(CC1)C(=O)N(Cc1noc(C)n1)C(=O)N2Cc1ccccc1. The molecule has 0 atom stereocenters. The van der Waals surface area contributed by atoms with Gasteiger partial charge in [0.25, 0.3) is 5.91 Å². The molecular weight excluding hydrogens is 386 g/mol. The van der Waals surface area contributed by atoms with Crippen molar-refractivity contribution in [2.45, 2.75) is 51.7 Å². The van der Waals surface area contributed by atoms with Crippen molar-refractivity contribution in [1.29, 1.82) is 0 Å². The Morgan fingerprint density at radius 2 is 1.83 bits per heavy atom. The molecule has 0 aliphatic carbocycles. The van der Waals surface area contributed by atoms with E-state index >= 15 is 0 Å². The fourth-order valence-electron chi connectivity index (χ4n) is 4.29. The molecule has 3 heterocycles. The van der Waals surface area contributed by atoms with Crippen LogP contribution in [0.25, 0.3) is 0 Å². The predicted molar refractivity (Wildman–Crippen MR) is 106 cm³/mol. The molecule has 2 aliphatic heterocycles. The molecule has 30 heavy (non-hydrogen) atoms. The van der Waals surface area contributed by atoms with Gasteiger partial charge in [0.1, 0.15) is 5.54 Å². The van der Waals surface area contributed by atoms with E-state index in [-0.39, 0.29) is 24.4 Å². The molecule has 0 unspecified atom stereocenters. The molecule has 0 bridgehead atoms. The number of rotatable bonds is 5. The highest BCUT2D eigenvalue weighted by Crippen LogP contribution is 2.39. The summed E-state index contributed by atoms with van der Waals surface area (Å²) in [4.78, 5) is 47.8. The van der Waals surface area contributed by atoms with Crippen LogP contribution in [0.1, 0.15) is 43.5 Å². The van der Waals surface area contributed by atoms with Gasteiger partial charge in [0, 0.05) is 33.0 Å². The molecule has 1 aromatic carbocycles. The number of hydrogen-bond acceptors (Lipinski definition) is 6. The Kier molecular flexibility index (Phi) is 5.27. The van der Waals surface area contributed by atoms with Gasteiger partial charge in [0.15, 0.2) is 5.82 Å². The third kappa shape index (κ3) is 3.44. The number of aromatic nitrogens is 2. The Hall–Kier alpha value is -3.23. The highest BCUT2D eigenvalue weighted by Gasteiger charge is 2.58. The van der Waals surface area contributed by atoms with E-state index in [1.807, 2.05) is 37.3 Å². The Morgan fingerprint density at radius 3 is 2.43 bits per heavy atom. The van der Waals surface area contributed by atoms with Crippen molar-refractivity contribution >= 4 is 17.8 Å². The second-order valence-electron chi connectivity index (χ2n) is 7.74. The Morgan fingerprint density at radius 1 is 1.13 bits per heavy atom. The number of carbonyl (C=O) groups is 3. The van der Waals surface area contributed by atoms with Gasteiger partial charge < -0.3 is 14.3 Å². The van der Waals surface area contributed by atoms with Crippen molar-refractivity contribution in [3.8, 4) is 0 Å². The van der Waals surface area contributed by atoms with Crippen molar-refractivity contribution < 1.29 is 18.9 Å². The average Bonchev–Trinajstić information content (AvgIpc) is 3.26. The number of piperidine rings is 1. The van der Waals surface area contributed by atoms with E-state index in [1.165, 1.54) is 4.90 Å². The van der Waals surface area contributed by atoms with E-state index < -0.39 is 5.54 Å². The molecule has 9 heteroatoms. The topological polar surface area (TPSA) is 99.9 Å². The quantitative estimate of drug-likeness (QED) is 0.699. The summed E-state index contributed by atoms with van der Waals surface area (Å²) in [5.74, 6) is 0.487. The zero-order valence-corrected chi connectivity index (χ0v) is 17.2. The number of carbonyl (C=O) groups excluding carboxylic acids is 3. The fourth-order valence-corrected chi connectivity index (χ4v) is 4.29. The molecule has 0 radical (unpaired) electrons. The zero-order valence-electron chi connectivity index (χ0n) is 17.2. The lowest BCUT2D eigenvalue weighted by Crippen LogP contribution is -2.57. The van der Waals surface area contributed by atoms with E-state index in [0.717, 1.165) is 5.56 Å². The van der Waals surface area contributed by atoms with Gasteiger partial charge in [-0.15, -0.1) is 0 Å². The van der Waals surface area contributed by atoms with Crippen LogP contribution < -0.4 is 0 Å². The summed E-state index contributed by atoms with van der Waals surface area (Å²) >= 11 is 0. The number of likely N-dealkylation sites (tertiary alicyclic amines) is 1. The molecular formula is C21H25N5O4. The largest absolute Gasteiger partial charge is 0.343 e. The minimum Gasteiger partial charge on any atom is -0.343 e. The average molecular weight is 411 g/mol. The maximum Gasteiger partial charge on any atom is 0.328 e. The van der Waals surface area contributed by atoms with Gasteiger partial charge in [-0.1, -0.05) is 42.4 Å². The first kappa shape index (κ1) is 20.1. The van der Waals surface area contributed by atoms with Crippen LogP contribution in [0.5, 0.6) is 0 Å². The lowest BCUT2D eigenvalue weighted by molar-refractivity contribution is -0.141. The number of amides is 4. The summed E-state index contributed by atoms with van der Waals surface area (Å²) in [6, 6.07) is 9.25. The normalized spacial score (nSPS) is 18.5. The number of imide groups is 1. The lowest BCUT2D eigenvalue weighted by atomic mass is 9.85. The third-order valence-electron chi connectivity index (χ3n) is 5.92. The van der Waals surface area contributed by atoms with Gasteiger partial charge in [0.05, 0.1) is 6.54 Å². The summed E-state index contributed by atoms with van der Waals surface area (Å²) in [5.41, 5.74) is -0.0155. The standard InChI is InChI=1S/C21H25N5O4/c1-3-18(27)24-11-9-21(10-12-24)19(28)25(14-17-22-15(2)30-23-17)20(29)26(21)13-16-7-5-4-6-8-16/h4-8H,3,9-14H2,1-2H3. The van der Waals surface area contributed by atoms with E-state index in [2.05, 4.69) is 10.1 Å². The van der Waals surface area contributed by atoms with Crippen LogP contribution in [0.3, 0.4) is 0 Å². The second-order valence-corrected chi connectivity index (χ2v) is 7.74. The van der Waals surface area contributed by atoms with Gasteiger partial charge in [-0.2, -0.15) is 4.98 Å². The summed E-state index contributed by atoms with van der Waals surface area (Å²) in [6.07, 6.45) is 1.26. The first-order valence-corrected chi connectivity index (χ1v) is 10.2. The van der Waals surface area contributed by atoms with Gasteiger partial charge >= 0.3 is 6.03 Å². The molecule has 4 amide bonds. The number of nitrogens with zero attached hydrogens (tertiary/aromatic N) is 5. The number of hydrogen-bond donors (Lipinski definition) is 0. The Labute approximate surface area is 174 Å². The Bertz CT molecular complexity index is 949. The molecule has 2 fully saturated rings. The van der Waals surface area contributed by atoms with Crippen molar-refractivity contribution in [2.24, 2.45) is 0 Å². The summed E-state index contributed by atoms with van der Waals surface area (Å²) in [5, 5.41) is 3.83. The van der Waals surface area contributed by atoms with Crippen LogP contribution in [0, 0.1) is 6.92 Å². The molecule has 9 nitrogen and oxygen atoms in total. The van der Waals surface area contributed by atoms with Gasteiger partial charge in [0.2, 0.25) is 11.8 Å². The zero-order chi connectivity index (χ0) is 21.3. The van der Waals surface area contributed by atoms with Crippen LogP contribution in [0.4, 0.5) is 4.79 Å². The number of urea groups is 1. The van der Waals surface area contributed by atoms with Crippen molar-refractivity contribution in [2.75, 3.05) is 13.1 Å². The molecule has 2 aliphatic rings. The summed E-state index contributed by atoms with van der Waals surface area (Å²) in [6.45, 7) is 4.69. The van der Waals surface area contributed by atoms with Crippen molar-refractivity contribution in [3.05, 3.63) is 47.6 Å². The predicted octanol–water partition coefficient (Wildman–Crippen LogP) is 2.11. The van der Waals surface area contributed by atoms with Crippen LogP contribution in [0.15, 0.2) is 34.9 Å². The van der Waals surface area contributed by atoms with Gasteiger partial charge in [-0.3, -0.25) is 14.5 Å². The van der Waals surface area contributed by atoms with Crippen molar-refractivity contribution in [3.63, 3.8) is 0 Å². The second kappa shape index (κ2) is 7.89. The smallest absolute Gasteiger partial charge is 0.328 e. The van der Waals surface area contributed by atoms with Gasteiger partial charge in [-0.25, -0.2) is 4.79 Å². The van der Waals surface area contributed by atoms with Crippen molar-refractivity contribution in [1.82, 2.24) is 24.8 Å². The van der Waals surface area contributed by atoms with E-state index in [1.54, 1.807) is 16.7 Å². The first-order valence-electron chi connectivity index (χ1n) is 10.2. The molecule has 1 spiro atoms. The summed E-state index contributed by atoms with van der Waals surface area (Å²) in [7, 11) is 0. The fraction of sp³-hybridized carbons (Fsp3) is 0.476. The molecule has 1 aromatic heterocycles.